The fraction of sp³-hybridized carbons (Fsp3) is 0.600. The summed E-state index contributed by atoms with van der Waals surface area (Å²) in [5.41, 5.74) is 1.27. The van der Waals surface area contributed by atoms with Crippen molar-refractivity contribution in [2.45, 2.75) is 44.7 Å². The second-order valence-corrected chi connectivity index (χ2v) is 7.41. The van der Waals surface area contributed by atoms with Gasteiger partial charge in [-0.15, -0.1) is 0 Å². The van der Waals surface area contributed by atoms with E-state index in [0.29, 0.717) is 6.61 Å². The van der Waals surface area contributed by atoms with Gasteiger partial charge in [-0.1, -0.05) is 30.3 Å². The summed E-state index contributed by atoms with van der Waals surface area (Å²) >= 11 is 0. The maximum absolute atomic E-state index is 5.19. The topological polar surface area (TPSA) is 43.2 Å². The molecule has 0 amide bonds. The van der Waals surface area contributed by atoms with Crippen molar-refractivity contribution >= 4 is 0 Å². The molecule has 25 heavy (non-hydrogen) atoms. The molecule has 1 saturated carbocycles. The fourth-order valence-electron chi connectivity index (χ4n) is 4.34. The van der Waals surface area contributed by atoms with Crippen LogP contribution in [0.2, 0.25) is 0 Å². The van der Waals surface area contributed by atoms with E-state index in [1.54, 1.807) is 7.11 Å². The molecule has 5 heteroatoms. The lowest BCUT2D eigenvalue weighted by atomic mass is 10.1. The van der Waals surface area contributed by atoms with E-state index in [1.807, 2.05) is 0 Å². The number of piperidine rings is 1. The molecule has 1 aliphatic heterocycles. The third kappa shape index (κ3) is 3.93. The molecule has 1 saturated heterocycles. The maximum Gasteiger partial charge on any atom is 0.153 e. The normalized spacial score (nSPS) is 22.8. The summed E-state index contributed by atoms with van der Waals surface area (Å²) in [4.78, 5) is 7.48. The van der Waals surface area contributed by atoms with Crippen molar-refractivity contribution in [1.29, 1.82) is 0 Å². The van der Waals surface area contributed by atoms with Gasteiger partial charge in [-0.3, -0.25) is 4.90 Å². The van der Waals surface area contributed by atoms with E-state index in [4.69, 9.17) is 14.8 Å². The Hall–Kier alpha value is -1.72. The Bertz CT molecular complexity index is 684. The Labute approximate surface area is 150 Å². The van der Waals surface area contributed by atoms with Crippen LogP contribution in [0, 0.1) is 5.92 Å². The molecule has 2 fully saturated rings. The number of rotatable bonds is 8. The maximum atomic E-state index is 5.19. The number of hydrogen-bond donors (Lipinski definition) is 0. The summed E-state index contributed by atoms with van der Waals surface area (Å²) in [6, 6.07) is 11.3. The number of fused-ring (bicyclic) bond motifs is 2. The zero-order valence-electron chi connectivity index (χ0n) is 15.1. The Morgan fingerprint density at radius 3 is 2.76 bits per heavy atom. The lowest BCUT2D eigenvalue weighted by molar-refractivity contribution is 0.200. The molecule has 2 bridgehead atoms. The van der Waals surface area contributed by atoms with Crippen molar-refractivity contribution in [1.82, 2.24) is 19.7 Å². The van der Waals surface area contributed by atoms with Crippen LogP contribution >= 0.6 is 0 Å². The highest BCUT2D eigenvalue weighted by atomic mass is 16.5. The molecule has 4 rings (SSSR count). The second kappa shape index (κ2) is 7.67. The minimum Gasteiger partial charge on any atom is -0.384 e. The average molecular weight is 340 g/mol. The van der Waals surface area contributed by atoms with Gasteiger partial charge in [-0.05, 0) is 30.7 Å². The molecule has 0 spiro atoms. The zero-order chi connectivity index (χ0) is 17.1. The van der Waals surface area contributed by atoms with E-state index in [9.17, 15) is 0 Å². The molecule has 2 heterocycles. The predicted molar refractivity (Wildman–Crippen MR) is 97.6 cm³/mol. The number of methoxy groups -OCH3 is 1. The highest BCUT2D eigenvalue weighted by Gasteiger charge is 2.37. The van der Waals surface area contributed by atoms with Crippen molar-refractivity contribution in [3.63, 3.8) is 0 Å². The molecule has 0 unspecified atom stereocenters. The molecule has 134 valence electrons. The minimum absolute atomic E-state index is 0.671. The SMILES string of the molecule is COCCc1nc(CCN2C[C@@H]3CC[C@H]2C3)n(Cc2ccccc2)n1. The van der Waals surface area contributed by atoms with Gasteiger partial charge in [0, 0.05) is 39.1 Å². The predicted octanol–water partition coefficient (Wildman–Crippen LogP) is 2.54. The summed E-state index contributed by atoms with van der Waals surface area (Å²) in [5, 5.41) is 4.74. The molecule has 0 radical (unpaired) electrons. The van der Waals surface area contributed by atoms with Crippen LogP contribution in [-0.2, 0) is 24.1 Å². The first-order valence-corrected chi connectivity index (χ1v) is 9.51. The van der Waals surface area contributed by atoms with E-state index in [0.717, 1.165) is 49.5 Å². The largest absolute Gasteiger partial charge is 0.384 e. The van der Waals surface area contributed by atoms with Gasteiger partial charge in [0.15, 0.2) is 5.82 Å². The van der Waals surface area contributed by atoms with Gasteiger partial charge < -0.3 is 4.74 Å². The van der Waals surface area contributed by atoms with Crippen molar-refractivity contribution in [3.05, 3.63) is 47.5 Å². The van der Waals surface area contributed by atoms with Gasteiger partial charge in [0.25, 0.3) is 0 Å². The monoisotopic (exact) mass is 340 g/mol. The van der Waals surface area contributed by atoms with E-state index < -0.39 is 0 Å². The average Bonchev–Trinajstić information content (AvgIpc) is 3.35. The van der Waals surface area contributed by atoms with Crippen molar-refractivity contribution in [2.75, 3.05) is 26.8 Å². The second-order valence-electron chi connectivity index (χ2n) is 7.41. The smallest absolute Gasteiger partial charge is 0.153 e. The van der Waals surface area contributed by atoms with E-state index >= 15 is 0 Å². The van der Waals surface area contributed by atoms with Gasteiger partial charge in [0.1, 0.15) is 5.82 Å². The highest BCUT2D eigenvalue weighted by molar-refractivity contribution is 5.15. The lowest BCUT2D eigenvalue weighted by Crippen LogP contribution is -2.34. The first-order valence-electron chi connectivity index (χ1n) is 9.51. The van der Waals surface area contributed by atoms with Gasteiger partial charge in [-0.25, -0.2) is 9.67 Å². The highest BCUT2D eigenvalue weighted by Crippen LogP contribution is 2.37. The Kier molecular flexibility index (Phi) is 5.13. The molecule has 2 aliphatic rings. The van der Waals surface area contributed by atoms with Crippen LogP contribution in [-0.4, -0.2) is 52.5 Å². The summed E-state index contributed by atoms with van der Waals surface area (Å²) in [6.07, 6.45) is 6.00. The van der Waals surface area contributed by atoms with E-state index in [1.165, 1.54) is 31.4 Å². The molecule has 2 atom stereocenters. The van der Waals surface area contributed by atoms with Crippen LogP contribution < -0.4 is 0 Å². The van der Waals surface area contributed by atoms with E-state index in [2.05, 4.69) is 39.9 Å². The molecular weight excluding hydrogens is 312 g/mol. The van der Waals surface area contributed by atoms with Crippen LogP contribution in [0.15, 0.2) is 30.3 Å². The molecule has 5 nitrogen and oxygen atoms in total. The molecule has 1 aliphatic carbocycles. The van der Waals surface area contributed by atoms with Crippen LogP contribution in [0.3, 0.4) is 0 Å². The van der Waals surface area contributed by atoms with Gasteiger partial charge >= 0.3 is 0 Å². The van der Waals surface area contributed by atoms with Crippen LogP contribution in [0.4, 0.5) is 0 Å². The third-order valence-electron chi connectivity index (χ3n) is 5.64. The molecular formula is C20H28N4O. The van der Waals surface area contributed by atoms with E-state index in [-0.39, 0.29) is 0 Å². The number of benzene rings is 1. The molecule has 0 N–H and O–H groups in total. The molecule has 1 aromatic heterocycles. The minimum atomic E-state index is 0.671. The fourth-order valence-corrected chi connectivity index (χ4v) is 4.34. The third-order valence-corrected chi connectivity index (χ3v) is 5.64. The molecule has 2 aromatic rings. The molecule has 1 aromatic carbocycles. The number of nitrogens with zero attached hydrogens (tertiary/aromatic N) is 4. The van der Waals surface area contributed by atoms with Gasteiger partial charge in [0.05, 0.1) is 13.2 Å². The van der Waals surface area contributed by atoms with Crippen LogP contribution in [0.1, 0.15) is 36.5 Å². The number of ether oxygens (including phenoxy) is 1. The zero-order valence-corrected chi connectivity index (χ0v) is 15.1. The van der Waals surface area contributed by atoms with Crippen molar-refractivity contribution < 1.29 is 4.74 Å². The Morgan fingerprint density at radius 2 is 2.04 bits per heavy atom. The summed E-state index contributed by atoms with van der Waals surface area (Å²) in [7, 11) is 1.73. The standard InChI is InChI=1S/C20H28N4O/c1-25-12-10-19-21-20(9-11-23-14-17-7-8-18(23)13-17)24(22-19)15-16-5-3-2-4-6-16/h2-6,17-18H,7-15H2,1H3/t17-,18+/m1/s1. The summed E-state index contributed by atoms with van der Waals surface area (Å²) in [6.45, 7) is 3.86. The van der Waals surface area contributed by atoms with Gasteiger partial charge in [0.2, 0.25) is 0 Å². The first kappa shape index (κ1) is 16.7. The van der Waals surface area contributed by atoms with Crippen LogP contribution in [0.5, 0.6) is 0 Å². The van der Waals surface area contributed by atoms with Crippen molar-refractivity contribution in [3.8, 4) is 0 Å². The number of aromatic nitrogens is 3. The Morgan fingerprint density at radius 1 is 1.16 bits per heavy atom. The lowest BCUT2D eigenvalue weighted by Gasteiger charge is -2.26. The summed E-state index contributed by atoms with van der Waals surface area (Å²) in [5.74, 6) is 2.96. The summed E-state index contributed by atoms with van der Waals surface area (Å²) < 4.78 is 7.28. The van der Waals surface area contributed by atoms with Crippen molar-refractivity contribution in [2.24, 2.45) is 5.92 Å². The first-order chi connectivity index (χ1) is 12.3. The quantitative estimate of drug-likeness (QED) is 0.741. The number of likely N-dealkylation sites (tertiary alicyclic amines) is 1. The van der Waals surface area contributed by atoms with Crippen LogP contribution in [0.25, 0.3) is 0 Å². The Balaban J connectivity index is 1.45. The number of hydrogen-bond acceptors (Lipinski definition) is 4. The van der Waals surface area contributed by atoms with Gasteiger partial charge in [-0.2, -0.15) is 5.10 Å².